The Bertz CT molecular complexity index is 954. The lowest BCUT2D eigenvalue weighted by Gasteiger charge is -2.32. The van der Waals surface area contributed by atoms with Crippen LogP contribution in [0.5, 0.6) is 0 Å². The molecule has 0 saturated carbocycles. The average Bonchev–Trinajstić information content (AvgIpc) is 3.12. The maximum absolute atomic E-state index is 12.6. The number of H-pyrrole nitrogens is 1. The second-order valence-corrected chi connectivity index (χ2v) is 6.77. The molecule has 0 bridgehead atoms. The molecule has 1 aromatic heterocycles. The van der Waals surface area contributed by atoms with Crippen molar-refractivity contribution in [3.63, 3.8) is 0 Å². The first-order valence-corrected chi connectivity index (χ1v) is 8.82. The summed E-state index contributed by atoms with van der Waals surface area (Å²) < 4.78 is 0. The predicted molar refractivity (Wildman–Crippen MR) is 99.6 cm³/mol. The van der Waals surface area contributed by atoms with Gasteiger partial charge in [0.1, 0.15) is 5.69 Å². The van der Waals surface area contributed by atoms with E-state index in [1.807, 2.05) is 41.3 Å². The van der Waals surface area contributed by atoms with Gasteiger partial charge in [-0.25, -0.2) is 4.79 Å². The zero-order valence-corrected chi connectivity index (χ0v) is 14.3. The van der Waals surface area contributed by atoms with E-state index in [1.54, 1.807) is 6.07 Å². The van der Waals surface area contributed by atoms with E-state index in [1.165, 1.54) is 5.56 Å². The Morgan fingerprint density at radius 1 is 1.00 bits per heavy atom. The smallest absolute Gasteiger partial charge is 0.352 e. The van der Waals surface area contributed by atoms with Crippen molar-refractivity contribution in [1.29, 1.82) is 0 Å². The minimum atomic E-state index is -0.949. The summed E-state index contributed by atoms with van der Waals surface area (Å²) in [6.45, 7) is 1.48. The summed E-state index contributed by atoms with van der Waals surface area (Å²) in [5, 5.41) is 10.0. The summed E-state index contributed by atoms with van der Waals surface area (Å²) >= 11 is 0. The number of carbonyl (C=O) groups is 2. The number of carbonyl (C=O) groups excluding carboxylic acids is 1. The maximum atomic E-state index is 12.6. The molecule has 1 saturated heterocycles. The van der Waals surface area contributed by atoms with E-state index in [-0.39, 0.29) is 11.6 Å². The highest BCUT2D eigenvalue weighted by molar-refractivity contribution is 5.94. The fourth-order valence-electron chi connectivity index (χ4n) is 3.70. The second-order valence-electron chi connectivity index (χ2n) is 6.77. The Morgan fingerprint density at radius 3 is 2.42 bits per heavy atom. The standard InChI is InChI=1S/C21H20N2O3/c24-20(15-4-2-1-3-5-15)23-10-8-14(9-11-23)16-6-7-18-17(12-16)13-19(22-18)21(25)26/h1-7,12-14,22H,8-11H2,(H,25,26). The van der Waals surface area contributed by atoms with Crippen molar-refractivity contribution < 1.29 is 14.7 Å². The molecule has 2 aromatic carbocycles. The lowest BCUT2D eigenvalue weighted by molar-refractivity contribution is 0.0688. The summed E-state index contributed by atoms with van der Waals surface area (Å²) in [5.41, 5.74) is 2.99. The average molecular weight is 348 g/mol. The number of aromatic nitrogens is 1. The molecule has 3 aromatic rings. The number of hydrogen-bond donors (Lipinski definition) is 2. The van der Waals surface area contributed by atoms with Gasteiger partial charge in [0.25, 0.3) is 5.91 Å². The molecule has 0 spiro atoms. The van der Waals surface area contributed by atoms with Crippen LogP contribution in [-0.2, 0) is 0 Å². The molecule has 4 rings (SSSR count). The van der Waals surface area contributed by atoms with Gasteiger partial charge in [0.15, 0.2) is 0 Å². The lowest BCUT2D eigenvalue weighted by Crippen LogP contribution is -2.37. The minimum Gasteiger partial charge on any atom is -0.477 e. The van der Waals surface area contributed by atoms with Gasteiger partial charge in [0.05, 0.1) is 0 Å². The van der Waals surface area contributed by atoms with Gasteiger partial charge in [-0.15, -0.1) is 0 Å². The molecule has 132 valence electrons. The third-order valence-corrected chi connectivity index (χ3v) is 5.15. The number of nitrogens with zero attached hydrogens (tertiary/aromatic N) is 1. The Kier molecular flexibility index (Phi) is 4.21. The number of piperidine rings is 1. The summed E-state index contributed by atoms with van der Waals surface area (Å²) in [7, 11) is 0. The van der Waals surface area contributed by atoms with Gasteiger partial charge in [-0.3, -0.25) is 4.79 Å². The van der Waals surface area contributed by atoms with Crippen LogP contribution in [0.1, 0.15) is 45.2 Å². The lowest BCUT2D eigenvalue weighted by atomic mass is 9.88. The zero-order valence-electron chi connectivity index (χ0n) is 14.3. The topological polar surface area (TPSA) is 73.4 Å². The highest BCUT2D eigenvalue weighted by atomic mass is 16.4. The first kappa shape index (κ1) is 16.4. The van der Waals surface area contributed by atoms with E-state index in [4.69, 9.17) is 5.11 Å². The molecule has 5 heteroatoms. The monoisotopic (exact) mass is 348 g/mol. The Labute approximate surface area is 151 Å². The summed E-state index contributed by atoms with van der Waals surface area (Å²) in [4.78, 5) is 28.5. The highest BCUT2D eigenvalue weighted by Gasteiger charge is 2.24. The highest BCUT2D eigenvalue weighted by Crippen LogP contribution is 2.31. The first-order chi connectivity index (χ1) is 12.6. The van der Waals surface area contributed by atoms with Crippen LogP contribution in [0.15, 0.2) is 54.6 Å². The molecule has 1 amide bonds. The first-order valence-electron chi connectivity index (χ1n) is 8.82. The summed E-state index contributed by atoms with van der Waals surface area (Å²) in [6, 6.07) is 17.1. The normalized spacial score (nSPS) is 15.3. The van der Waals surface area contributed by atoms with E-state index in [0.717, 1.165) is 42.4 Å². The summed E-state index contributed by atoms with van der Waals surface area (Å²) in [6.07, 6.45) is 1.83. The van der Waals surface area contributed by atoms with E-state index in [0.29, 0.717) is 5.92 Å². The number of carboxylic acid groups (broad SMARTS) is 1. The Balaban J connectivity index is 1.47. The Morgan fingerprint density at radius 2 is 1.73 bits per heavy atom. The van der Waals surface area contributed by atoms with Crippen molar-refractivity contribution >= 4 is 22.8 Å². The molecule has 1 aliphatic rings. The molecule has 0 radical (unpaired) electrons. The van der Waals surface area contributed by atoms with Crippen LogP contribution in [0.4, 0.5) is 0 Å². The molecule has 2 N–H and O–H groups in total. The third kappa shape index (κ3) is 3.08. The van der Waals surface area contributed by atoms with Crippen molar-refractivity contribution in [3.8, 4) is 0 Å². The van der Waals surface area contributed by atoms with Crippen LogP contribution in [0, 0.1) is 0 Å². The molecule has 5 nitrogen and oxygen atoms in total. The molecule has 1 aliphatic heterocycles. The van der Waals surface area contributed by atoms with Gasteiger partial charge < -0.3 is 15.0 Å². The molecule has 2 heterocycles. The molecule has 0 unspecified atom stereocenters. The minimum absolute atomic E-state index is 0.0937. The number of fused-ring (bicyclic) bond motifs is 1. The van der Waals surface area contributed by atoms with Crippen molar-refractivity contribution in [3.05, 3.63) is 71.4 Å². The van der Waals surface area contributed by atoms with Crippen LogP contribution in [0.2, 0.25) is 0 Å². The number of amides is 1. The second kappa shape index (κ2) is 6.67. The van der Waals surface area contributed by atoms with Crippen LogP contribution in [0.3, 0.4) is 0 Å². The van der Waals surface area contributed by atoms with Crippen molar-refractivity contribution in [2.24, 2.45) is 0 Å². The summed E-state index contributed by atoms with van der Waals surface area (Å²) in [5.74, 6) is -0.464. The van der Waals surface area contributed by atoms with E-state index < -0.39 is 5.97 Å². The van der Waals surface area contributed by atoms with Crippen LogP contribution in [-0.4, -0.2) is 40.0 Å². The van der Waals surface area contributed by atoms with Crippen molar-refractivity contribution in [2.45, 2.75) is 18.8 Å². The number of likely N-dealkylation sites (tertiary alicyclic amines) is 1. The maximum Gasteiger partial charge on any atom is 0.352 e. The van der Waals surface area contributed by atoms with Crippen LogP contribution < -0.4 is 0 Å². The quantitative estimate of drug-likeness (QED) is 0.754. The predicted octanol–water partition coefficient (Wildman–Crippen LogP) is 3.89. The third-order valence-electron chi connectivity index (χ3n) is 5.15. The van der Waals surface area contributed by atoms with Crippen molar-refractivity contribution in [1.82, 2.24) is 9.88 Å². The van der Waals surface area contributed by atoms with Gasteiger partial charge in [-0.2, -0.15) is 0 Å². The number of rotatable bonds is 3. The van der Waals surface area contributed by atoms with Crippen molar-refractivity contribution in [2.75, 3.05) is 13.1 Å². The number of hydrogen-bond acceptors (Lipinski definition) is 2. The van der Waals surface area contributed by atoms with Crippen LogP contribution in [0.25, 0.3) is 10.9 Å². The number of aromatic amines is 1. The van der Waals surface area contributed by atoms with E-state index >= 15 is 0 Å². The number of nitrogens with one attached hydrogen (secondary N) is 1. The van der Waals surface area contributed by atoms with Gasteiger partial charge in [0, 0.05) is 29.6 Å². The molecule has 26 heavy (non-hydrogen) atoms. The molecule has 0 atom stereocenters. The zero-order chi connectivity index (χ0) is 18.1. The largest absolute Gasteiger partial charge is 0.477 e. The fourth-order valence-corrected chi connectivity index (χ4v) is 3.70. The molecular weight excluding hydrogens is 328 g/mol. The van der Waals surface area contributed by atoms with E-state index in [2.05, 4.69) is 17.1 Å². The molecule has 0 aliphatic carbocycles. The molecular formula is C21H20N2O3. The van der Waals surface area contributed by atoms with Gasteiger partial charge in [-0.05, 0) is 54.7 Å². The Hall–Kier alpha value is -3.08. The van der Waals surface area contributed by atoms with Gasteiger partial charge >= 0.3 is 5.97 Å². The number of aromatic carboxylic acids is 1. The number of carboxylic acids is 1. The van der Waals surface area contributed by atoms with E-state index in [9.17, 15) is 9.59 Å². The SMILES string of the molecule is O=C(O)c1cc2cc(C3CCN(C(=O)c4ccccc4)CC3)ccc2[nH]1. The molecule has 1 fully saturated rings. The fraction of sp³-hybridized carbons (Fsp3) is 0.238. The van der Waals surface area contributed by atoms with Crippen LogP contribution >= 0.6 is 0 Å². The number of benzene rings is 2. The van der Waals surface area contributed by atoms with Gasteiger partial charge in [0.2, 0.25) is 0 Å². The van der Waals surface area contributed by atoms with Gasteiger partial charge in [-0.1, -0.05) is 24.3 Å².